The zero-order valence-corrected chi connectivity index (χ0v) is 7.93. The normalized spacial score (nSPS) is 16.8. The van der Waals surface area contributed by atoms with Crippen molar-refractivity contribution in [3.8, 4) is 0 Å². The molecule has 84 valence electrons. The zero-order valence-electron chi connectivity index (χ0n) is 7.93. The molecule has 0 aliphatic carbocycles. The van der Waals surface area contributed by atoms with Crippen LogP contribution in [-0.4, -0.2) is 47.8 Å². The topological polar surface area (TPSA) is 66.6 Å². The Kier molecular flexibility index (Phi) is 3.90. The fourth-order valence-electron chi connectivity index (χ4n) is 0.990. The van der Waals surface area contributed by atoms with Crippen molar-refractivity contribution >= 4 is 5.97 Å². The van der Waals surface area contributed by atoms with Gasteiger partial charge in [-0.25, -0.2) is 0 Å². The summed E-state index contributed by atoms with van der Waals surface area (Å²) in [7, 11) is 1.17. The van der Waals surface area contributed by atoms with E-state index in [0.717, 1.165) is 4.90 Å². The Hall–Kier alpha value is -0.820. The minimum absolute atomic E-state index is 0.359. The smallest absolute Gasteiger partial charge is 0.401 e. The number of nitrogens with two attached hydrogens (primary N) is 1. The first-order valence-electron chi connectivity index (χ1n) is 3.82. The molecule has 0 aromatic carbocycles. The molecule has 0 saturated carbocycles. The van der Waals surface area contributed by atoms with Crippen molar-refractivity contribution in [1.82, 2.24) is 4.90 Å². The predicted octanol–water partition coefficient (Wildman–Crippen LogP) is 0.283. The summed E-state index contributed by atoms with van der Waals surface area (Å²) >= 11 is 0. The number of rotatable bonds is 4. The number of alkyl halides is 3. The monoisotopic (exact) mass is 214 g/mol. The molecular formula is C7H13F3N2O2. The van der Waals surface area contributed by atoms with E-state index in [1.54, 1.807) is 0 Å². The summed E-state index contributed by atoms with van der Waals surface area (Å²) in [6, 6.07) is 0. The fourth-order valence-corrected chi connectivity index (χ4v) is 0.990. The molecule has 0 fully saturated rings. The van der Waals surface area contributed by atoms with Gasteiger partial charge < -0.3 is 10.8 Å². The minimum Gasteiger partial charge on any atom is -0.480 e. The SMILES string of the molecule is CN(CC(F)(F)F)CC(C)(N)C(=O)O. The maximum absolute atomic E-state index is 11.9. The van der Waals surface area contributed by atoms with Gasteiger partial charge in [-0.2, -0.15) is 13.2 Å². The molecule has 0 heterocycles. The molecule has 0 amide bonds. The van der Waals surface area contributed by atoms with Crippen molar-refractivity contribution in [3.63, 3.8) is 0 Å². The summed E-state index contributed by atoms with van der Waals surface area (Å²) in [5, 5.41) is 8.56. The Labute approximate surface area is 79.5 Å². The third-order valence-electron chi connectivity index (χ3n) is 1.54. The minimum atomic E-state index is -4.34. The Morgan fingerprint density at radius 1 is 1.43 bits per heavy atom. The van der Waals surface area contributed by atoms with Gasteiger partial charge in [0.25, 0.3) is 0 Å². The Bertz CT molecular complexity index is 215. The summed E-state index contributed by atoms with van der Waals surface area (Å²) in [5.74, 6) is -1.33. The van der Waals surface area contributed by atoms with Gasteiger partial charge in [0.05, 0.1) is 6.54 Å². The first kappa shape index (κ1) is 13.2. The standard InChI is InChI=1S/C7H13F3N2O2/c1-6(11,5(13)14)3-12(2)4-7(8,9)10/h3-4,11H2,1-2H3,(H,13,14). The van der Waals surface area contributed by atoms with E-state index in [-0.39, 0.29) is 6.54 Å². The average Bonchev–Trinajstić information content (AvgIpc) is 1.79. The number of carbonyl (C=O) groups is 1. The van der Waals surface area contributed by atoms with E-state index in [1.165, 1.54) is 14.0 Å². The molecule has 0 bridgehead atoms. The highest BCUT2D eigenvalue weighted by molar-refractivity contribution is 5.78. The average molecular weight is 214 g/mol. The van der Waals surface area contributed by atoms with Crippen molar-refractivity contribution < 1.29 is 23.1 Å². The van der Waals surface area contributed by atoms with Gasteiger partial charge in [0.1, 0.15) is 5.54 Å². The predicted molar refractivity (Wildman–Crippen MR) is 43.8 cm³/mol. The molecule has 0 radical (unpaired) electrons. The van der Waals surface area contributed by atoms with E-state index in [2.05, 4.69) is 0 Å². The molecule has 1 atom stereocenters. The van der Waals surface area contributed by atoms with Gasteiger partial charge in [-0.05, 0) is 14.0 Å². The van der Waals surface area contributed by atoms with Crippen LogP contribution in [0.5, 0.6) is 0 Å². The van der Waals surface area contributed by atoms with E-state index in [4.69, 9.17) is 10.8 Å². The molecule has 0 spiro atoms. The summed E-state index contributed by atoms with van der Waals surface area (Å²) in [6.07, 6.45) is -4.34. The van der Waals surface area contributed by atoms with E-state index < -0.39 is 24.2 Å². The summed E-state index contributed by atoms with van der Waals surface area (Å²) in [4.78, 5) is 11.3. The molecule has 0 saturated heterocycles. The van der Waals surface area contributed by atoms with Gasteiger partial charge in [0.15, 0.2) is 0 Å². The number of halogens is 3. The number of hydrogen-bond donors (Lipinski definition) is 2. The van der Waals surface area contributed by atoms with Crippen molar-refractivity contribution in [3.05, 3.63) is 0 Å². The van der Waals surface area contributed by atoms with Crippen LogP contribution in [0.4, 0.5) is 13.2 Å². The Morgan fingerprint density at radius 3 is 2.14 bits per heavy atom. The van der Waals surface area contributed by atoms with Gasteiger partial charge >= 0.3 is 12.1 Å². The lowest BCUT2D eigenvalue weighted by molar-refractivity contribution is -0.152. The van der Waals surface area contributed by atoms with E-state index in [9.17, 15) is 18.0 Å². The van der Waals surface area contributed by atoms with Crippen LogP contribution in [0.2, 0.25) is 0 Å². The Morgan fingerprint density at radius 2 is 1.86 bits per heavy atom. The van der Waals surface area contributed by atoms with Crippen molar-refractivity contribution in [2.24, 2.45) is 5.73 Å². The van der Waals surface area contributed by atoms with Crippen molar-refractivity contribution in [2.45, 2.75) is 18.6 Å². The fraction of sp³-hybridized carbons (Fsp3) is 0.857. The van der Waals surface area contributed by atoms with Crippen molar-refractivity contribution in [1.29, 1.82) is 0 Å². The van der Waals surface area contributed by atoms with Gasteiger partial charge in [0, 0.05) is 6.54 Å². The second-order valence-corrected chi connectivity index (χ2v) is 3.51. The summed E-state index contributed by atoms with van der Waals surface area (Å²) in [6.45, 7) is -0.364. The van der Waals surface area contributed by atoms with E-state index in [1.807, 2.05) is 0 Å². The van der Waals surface area contributed by atoms with Gasteiger partial charge in [-0.1, -0.05) is 0 Å². The first-order valence-corrected chi connectivity index (χ1v) is 3.82. The van der Waals surface area contributed by atoms with Crippen LogP contribution in [0.3, 0.4) is 0 Å². The van der Waals surface area contributed by atoms with Crippen LogP contribution in [0, 0.1) is 0 Å². The third kappa shape index (κ3) is 5.03. The molecule has 3 N–H and O–H groups in total. The molecule has 0 aliphatic rings. The summed E-state index contributed by atoms with van der Waals surface area (Å²) < 4.78 is 35.6. The van der Waals surface area contributed by atoms with Crippen LogP contribution in [-0.2, 0) is 4.79 Å². The molecule has 0 aliphatic heterocycles. The number of likely N-dealkylation sites (N-methyl/N-ethyl adjacent to an activating group) is 1. The number of hydrogen-bond acceptors (Lipinski definition) is 3. The lowest BCUT2D eigenvalue weighted by Crippen LogP contribution is -2.54. The molecular weight excluding hydrogens is 201 g/mol. The molecule has 0 rings (SSSR count). The lowest BCUT2D eigenvalue weighted by atomic mass is 10.0. The maximum atomic E-state index is 11.9. The van der Waals surface area contributed by atoms with Gasteiger partial charge in [-0.15, -0.1) is 0 Å². The second kappa shape index (κ2) is 4.14. The number of carboxylic acid groups (broad SMARTS) is 1. The van der Waals surface area contributed by atoms with Crippen LogP contribution >= 0.6 is 0 Å². The number of aliphatic carboxylic acids is 1. The number of nitrogens with zero attached hydrogens (tertiary/aromatic N) is 1. The molecule has 14 heavy (non-hydrogen) atoms. The van der Waals surface area contributed by atoms with Gasteiger partial charge in [-0.3, -0.25) is 9.69 Å². The second-order valence-electron chi connectivity index (χ2n) is 3.51. The highest BCUT2D eigenvalue weighted by Gasteiger charge is 2.34. The highest BCUT2D eigenvalue weighted by Crippen LogP contribution is 2.16. The Balaban J connectivity index is 4.19. The van der Waals surface area contributed by atoms with Crippen LogP contribution in [0.1, 0.15) is 6.92 Å². The van der Waals surface area contributed by atoms with Crippen LogP contribution in [0.25, 0.3) is 0 Å². The van der Waals surface area contributed by atoms with Gasteiger partial charge in [0.2, 0.25) is 0 Å². The third-order valence-corrected chi connectivity index (χ3v) is 1.54. The maximum Gasteiger partial charge on any atom is 0.401 e. The first-order chi connectivity index (χ1) is 6.04. The highest BCUT2D eigenvalue weighted by atomic mass is 19.4. The van der Waals surface area contributed by atoms with Crippen LogP contribution in [0.15, 0.2) is 0 Å². The van der Waals surface area contributed by atoms with E-state index >= 15 is 0 Å². The lowest BCUT2D eigenvalue weighted by Gasteiger charge is -2.26. The quantitative estimate of drug-likeness (QED) is 0.705. The van der Waals surface area contributed by atoms with Crippen molar-refractivity contribution in [2.75, 3.05) is 20.1 Å². The summed E-state index contributed by atoms with van der Waals surface area (Å²) in [5.41, 5.74) is 3.60. The molecule has 0 aromatic heterocycles. The van der Waals surface area contributed by atoms with Crippen LogP contribution < -0.4 is 5.73 Å². The molecule has 7 heteroatoms. The zero-order chi connectivity index (χ0) is 11.6. The molecule has 4 nitrogen and oxygen atoms in total. The molecule has 0 aromatic rings. The van der Waals surface area contributed by atoms with E-state index in [0.29, 0.717) is 0 Å². The molecule has 1 unspecified atom stereocenters. The number of carboxylic acids is 1. The largest absolute Gasteiger partial charge is 0.480 e.